The second-order valence-electron chi connectivity index (χ2n) is 10.4. The van der Waals surface area contributed by atoms with E-state index in [9.17, 15) is 0 Å². The van der Waals surface area contributed by atoms with Gasteiger partial charge in [-0.3, -0.25) is 0 Å². The van der Waals surface area contributed by atoms with Gasteiger partial charge in [-0.15, -0.1) is 0 Å². The number of hydrogen-bond donors (Lipinski definition) is 0. The first-order valence-electron chi connectivity index (χ1n) is 14.1. The van der Waals surface area contributed by atoms with Gasteiger partial charge < -0.3 is 4.74 Å². The third kappa shape index (κ3) is 5.58. The largest absolute Gasteiger partial charge is 0.496 e. The zero-order valence-electron chi connectivity index (χ0n) is 23.7. The quantitative estimate of drug-likeness (QED) is 0.173. The molecule has 0 spiro atoms. The van der Waals surface area contributed by atoms with Crippen LogP contribution in [0.15, 0.2) is 146 Å². The molecule has 6 aromatic carbocycles. The van der Waals surface area contributed by atoms with Gasteiger partial charge in [0, 0.05) is 5.30 Å². The summed E-state index contributed by atoms with van der Waals surface area (Å²) in [6.45, 7) is 4.58. The van der Waals surface area contributed by atoms with Crippen LogP contribution in [0, 0.1) is 0 Å². The number of benzene rings is 6. The van der Waals surface area contributed by atoms with Crippen LogP contribution in [-0.4, -0.2) is 7.11 Å². The van der Waals surface area contributed by atoms with Crippen molar-refractivity contribution in [1.82, 2.24) is 0 Å². The molecule has 1 nitrogen and oxygen atoms in total. The molecule has 3 heteroatoms. The van der Waals surface area contributed by atoms with Crippen molar-refractivity contribution < 1.29 is 4.74 Å². The molecule has 0 aliphatic carbocycles. The van der Waals surface area contributed by atoms with Gasteiger partial charge in [-0.2, -0.15) is 0 Å². The summed E-state index contributed by atoms with van der Waals surface area (Å²) in [5, 5.41) is 10.6. The van der Waals surface area contributed by atoms with Crippen LogP contribution in [0.2, 0.25) is 0 Å². The van der Waals surface area contributed by atoms with Gasteiger partial charge in [0.2, 0.25) is 0 Å². The maximum Gasteiger partial charge on any atom is 0.127 e. The Balaban J connectivity index is 1.72. The van der Waals surface area contributed by atoms with E-state index in [4.69, 9.17) is 4.74 Å². The molecule has 0 saturated heterocycles. The highest BCUT2D eigenvalue weighted by molar-refractivity contribution is 7.85. The maximum atomic E-state index is 6.15. The summed E-state index contributed by atoms with van der Waals surface area (Å²) in [7, 11) is 0.0545. The second-order valence-corrected chi connectivity index (χ2v) is 14.7. The van der Waals surface area contributed by atoms with E-state index in [0.29, 0.717) is 5.92 Å². The van der Waals surface area contributed by atoms with Crippen LogP contribution in [0.25, 0.3) is 10.8 Å². The fraction of sp³-hybridized carbons (Fsp3) is 0.105. The summed E-state index contributed by atoms with van der Waals surface area (Å²) >= 11 is 0. The van der Waals surface area contributed by atoms with Crippen molar-refractivity contribution >= 4 is 58.4 Å². The van der Waals surface area contributed by atoms with Crippen LogP contribution in [0.1, 0.15) is 25.3 Å². The molecule has 0 saturated carbocycles. The van der Waals surface area contributed by atoms with Crippen molar-refractivity contribution in [1.29, 1.82) is 0 Å². The van der Waals surface area contributed by atoms with E-state index in [1.54, 1.807) is 7.11 Å². The number of hydrogen-bond acceptors (Lipinski definition) is 1. The van der Waals surface area contributed by atoms with Crippen LogP contribution in [0.5, 0.6) is 5.75 Å². The second kappa shape index (κ2) is 12.4. The highest BCUT2D eigenvalue weighted by Gasteiger charge is 2.29. The molecule has 0 aliphatic rings. The van der Waals surface area contributed by atoms with Crippen molar-refractivity contribution in [2.75, 3.05) is 7.11 Å². The van der Waals surface area contributed by atoms with Crippen molar-refractivity contribution in [2.45, 2.75) is 19.8 Å². The van der Waals surface area contributed by atoms with Crippen molar-refractivity contribution in [2.24, 2.45) is 0 Å². The monoisotopic (exact) mass is 568 g/mol. The minimum atomic E-state index is -0.956. The van der Waals surface area contributed by atoms with E-state index in [1.165, 1.54) is 48.2 Å². The minimum Gasteiger partial charge on any atom is -0.496 e. The summed E-state index contributed by atoms with van der Waals surface area (Å²) in [6, 6.07) is 53.5. The zero-order valence-corrected chi connectivity index (χ0v) is 25.5. The van der Waals surface area contributed by atoms with Gasteiger partial charge in [-0.1, -0.05) is 147 Å². The van der Waals surface area contributed by atoms with Gasteiger partial charge in [-0.05, 0) is 76.8 Å². The summed E-state index contributed by atoms with van der Waals surface area (Å²) in [4.78, 5) is 0. The van der Waals surface area contributed by atoms with Crippen LogP contribution >= 0.6 is 15.8 Å². The Morgan fingerprint density at radius 3 is 1.61 bits per heavy atom. The SMILES string of the molecule is COc1ccc2ccccc2c1P(c1ccccc1)c1cc(C(C)C)ccc1P(c1ccccc1)c1ccccc1. The van der Waals surface area contributed by atoms with Gasteiger partial charge >= 0.3 is 0 Å². The van der Waals surface area contributed by atoms with E-state index >= 15 is 0 Å². The van der Waals surface area contributed by atoms with Crippen molar-refractivity contribution in [3.8, 4) is 5.75 Å². The number of ether oxygens (including phenoxy) is 1. The first kappa shape index (κ1) is 27.4. The van der Waals surface area contributed by atoms with Gasteiger partial charge in [0.25, 0.3) is 0 Å². The van der Waals surface area contributed by atoms with E-state index in [-0.39, 0.29) is 0 Å². The fourth-order valence-electron chi connectivity index (χ4n) is 5.45. The molecule has 0 amide bonds. The van der Waals surface area contributed by atoms with Crippen LogP contribution < -0.4 is 36.6 Å². The molecule has 0 radical (unpaired) electrons. The molecule has 6 rings (SSSR count). The van der Waals surface area contributed by atoms with Crippen LogP contribution in [-0.2, 0) is 0 Å². The first-order chi connectivity index (χ1) is 20.2. The van der Waals surface area contributed by atoms with E-state index < -0.39 is 15.8 Å². The van der Waals surface area contributed by atoms with Crippen molar-refractivity contribution in [3.63, 3.8) is 0 Å². The molecule has 1 atom stereocenters. The molecule has 0 aliphatic heterocycles. The summed E-state index contributed by atoms with van der Waals surface area (Å²) < 4.78 is 6.15. The Kier molecular flexibility index (Phi) is 8.29. The average molecular weight is 569 g/mol. The summed E-state index contributed by atoms with van der Waals surface area (Å²) in [5.74, 6) is 1.37. The minimum absolute atomic E-state index is 0.421. The summed E-state index contributed by atoms with van der Waals surface area (Å²) in [5.41, 5.74) is 1.36. The van der Waals surface area contributed by atoms with Crippen LogP contribution in [0.3, 0.4) is 0 Å². The normalized spacial score (nSPS) is 12.1. The third-order valence-corrected chi connectivity index (χ3v) is 12.8. The summed E-state index contributed by atoms with van der Waals surface area (Å²) in [6.07, 6.45) is 0. The average Bonchev–Trinajstić information content (AvgIpc) is 3.03. The van der Waals surface area contributed by atoms with Crippen molar-refractivity contribution in [3.05, 3.63) is 151 Å². The maximum absolute atomic E-state index is 6.15. The van der Waals surface area contributed by atoms with E-state index in [2.05, 4.69) is 159 Å². The topological polar surface area (TPSA) is 9.23 Å². The molecular formula is C38H34OP2. The van der Waals surface area contributed by atoms with Crippen LogP contribution in [0.4, 0.5) is 0 Å². The highest BCUT2D eigenvalue weighted by Crippen LogP contribution is 2.43. The lowest BCUT2D eigenvalue weighted by molar-refractivity contribution is 0.419. The Hall–Kier alpha value is -3.76. The molecule has 202 valence electrons. The molecule has 0 aromatic heterocycles. The molecule has 6 aromatic rings. The standard InChI is InChI=1S/C38H34OP2/c1-28(2)30-24-26-36(40(31-16-7-4-8-17-31)32-18-9-5-10-19-32)37(27-30)41(33-20-11-6-12-21-33)38-34-22-14-13-15-29(34)23-25-35(38)39-3/h4-28H,1-3H3. The Labute approximate surface area is 246 Å². The Morgan fingerprint density at radius 1 is 0.512 bits per heavy atom. The highest BCUT2D eigenvalue weighted by atomic mass is 31.1. The fourth-order valence-corrected chi connectivity index (χ4v) is 11.0. The molecule has 0 heterocycles. The Morgan fingerprint density at radius 2 is 1.05 bits per heavy atom. The predicted octanol–water partition coefficient (Wildman–Crippen LogP) is 7.49. The first-order valence-corrected chi connectivity index (χ1v) is 16.8. The lowest BCUT2D eigenvalue weighted by atomic mass is 10.0. The number of fused-ring (bicyclic) bond motifs is 1. The Bertz CT molecular complexity index is 1710. The molecule has 0 N–H and O–H groups in total. The van der Waals surface area contributed by atoms with E-state index in [0.717, 1.165) is 5.75 Å². The molecule has 41 heavy (non-hydrogen) atoms. The van der Waals surface area contributed by atoms with E-state index in [1.807, 2.05) is 0 Å². The molecule has 0 bridgehead atoms. The lowest BCUT2D eigenvalue weighted by Crippen LogP contribution is -2.35. The van der Waals surface area contributed by atoms with Gasteiger partial charge in [0.15, 0.2) is 0 Å². The van der Waals surface area contributed by atoms with Gasteiger partial charge in [0.05, 0.1) is 7.11 Å². The number of rotatable bonds is 8. The predicted molar refractivity (Wildman–Crippen MR) is 182 cm³/mol. The molecule has 1 unspecified atom stereocenters. The zero-order chi connectivity index (χ0) is 28.2. The molecule has 0 fully saturated rings. The van der Waals surface area contributed by atoms with Gasteiger partial charge in [0.1, 0.15) is 5.75 Å². The molecular weight excluding hydrogens is 534 g/mol. The lowest BCUT2D eigenvalue weighted by Gasteiger charge is -2.30. The number of methoxy groups -OCH3 is 1. The third-order valence-electron chi connectivity index (χ3n) is 7.50. The smallest absolute Gasteiger partial charge is 0.127 e. The van der Waals surface area contributed by atoms with Gasteiger partial charge in [-0.25, -0.2) is 0 Å².